The number of anilines is 1. The summed E-state index contributed by atoms with van der Waals surface area (Å²) in [5.41, 5.74) is 2.32. The fourth-order valence-corrected chi connectivity index (χ4v) is 10.2. The number of likely N-dealkylation sites (tertiary alicyclic amines) is 1. The Balaban J connectivity index is 1.10. The zero-order chi connectivity index (χ0) is 37.5. The molecule has 4 aliphatic carbocycles. The van der Waals surface area contributed by atoms with Crippen LogP contribution < -0.4 is 20.1 Å². The van der Waals surface area contributed by atoms with E-state index < -0.39 is 5.60 Å². The van der Waals surface area contributed by atoms with Crippen LogP contribution in [0.3, 0.4) is 0 Å². The fraction of sp³-hybridized carbons (Fsp3) is 0.659. The van der Waals surface area contributed by atoms with Gasteiger partial charge in [0.25, 0.3) is 5.91 Å². The van der Waals surface area contributed by atoms with Crippen molar-refractivity contribution in [3.05, 3.63) is 39.8 Å². The van der Waals surface area contributed by atoms with Crippen molar-refractivity contribution in [3.63, 3.8) is 0 Å². The van der Waals surface area contributed by atoms with Crippen molar-refractivity contribution >= 4 is 51.5 Å². The molecule has 1 aromatic heterocycles. The number of aryl methyl sites for hydroxylation is 1. The highest BCUT2D eigenvalue weighted by atomic mass is 32.1. The second-order valence-electron chi connectivity index (χ2n) is 17.2. The lowest BCUT2D eigenvalue weighted by molar-refractivity contribution is -0.117. The molecule has 12 heteroatoms. The first-order valence-corrected chi connectivity index (χ1v) is 20.8. The number of carbonyl (C=O) groups is 3. The van der Waals surface area contributed by atoms with Crippen LogP contribution in [0.4, 0.5) is 9.80 Å². The number of methoxy groups -OCH3 is 2. The van der Waals surface area contributed by atoms with Gasteiger partial charge < -0.3 is 34.6 Å². The van der Waals surface area contributed by atoms with Crippen LogP contribution in [0.15, 0.2) is 18.2 Å². The predicted octanol–water partition coefficient (Wildman–Crippen LogP) is 7.76. The molecule has 7 rings (SSSR count). The van der Waals surface area contributed by atoms with E-state index in [0.717, 1.165) is 105 Å². The molecule has 1 spiro atoms. The Hall–Kier alpha value is -3.38. The van der Waals surface area contributed by atoms with Gasteiger partial charge in [0.05, 0.1) is 24.8 Å². The third-order valence-corrected chi connectivity index (χ3v) is 13.5. The zero-order valence-corrected chi connectivity index (χ0v) is 33.6. The molecule has 2 N–H and O–H groups in total. The highest BCUT2D eigenvalue weighted by Gasteiger charge is 2.48. The first kappa shape index (κ1) is 37.9. The Morgan fingerprint density at radius 3 is 2.53 bits per heavy atom. The van der Waals surface area contributed by atoms with E-state index in [-0.39, 0.29) is 41.2 Å². The molecule has 3 saturated carbocycles. The Morgan fingerprint density at radius 1 is 1.04 bits per heavy atom. The van der Waals surface area contributed by atoms with Crippen molar-refractivity contribution < 1.29 is 28.6 Å². The number of nitrogens with zero attached hydrogens (tertiary/aromatic N) is 2. The van der Waals surface area contributed by atoms with E-state index in [4.69, 9.17) is 26.4 Å². The van der Waals surface area contributed by atoms with Crippen molar-refractivity contribution in [2.24, 2.45) is 23.2 Å². The number of fused-ring (bicyclic) bond motifs is 1. The van der Waals surface area contributed by atoms with Crippen molar-refractivity contribution in [2.75, 3.05) is 39.2 Å². The highest BCUT2D eigenvalue weighted by molar-refractivity contribution is 7.80. The summed E-state index contributed by atoms with van der Waals surface area (Å²) >= 11 is 8.00. The zero-order valence-electron chi connectivity index (χ0n) is 32.0. The molecule has 0 bridgehead atoms. The summed E-state index contributed by atoms with van der Waals surface area (Å²) in [7, 11) is 3.35. The molecule has 3 atom stereocenters. The first-order chi connectivity index (χ1) is 25.3. The molecule has 2 unspecified atom stereocenters. The minimum atomic E-state index is -0.526. The van der Waals surface area contributed by atoms with E-state index in [1.54, 1.807) is 25.6 Å². The molecular weight excluding hydrogens is 709 g/mol. The number of rotatable bonds is 12. The molecule has 53 heavy (non-hydrogen) atoms. The van der Waals surface area contributed by atoms with Gasteiger partial charge in [0.15, 0.2) is 0 Å². The van der Waals surface area contributed by atoms with Crippen LogP contribution in [-0.4, -0.2) is 78.2 Å². The average Bonchev–Trinajstić information content (AvgIpc) is 4.04. The van der Waals surface area contributed by atoms with Gasteiger partial charge >= 0.3 is 6.09 Å². The maximum atomic E-state index is 13.7. The van der Waals surface area contributed by atoms with Crippen LogP contribution in [-0.2, 0) is 28.9 Å². The molecule has 10 nitrogen and oxygen atoms in total. The van der Waals surface area contributed by atoms with Crippen LogP contribution in [0, 0.1) is 23.2 Å². The normalized spacial score (nSPS) is 23.8. The second kappa shape index (κ2) is 15.4. The first-order valence-electron chi connectivity index (χ1n) is 19.6. The van der Waals surface area contributed by atoms with Gasteiger partial charge in [-0.25, -0.2) is 4.79 Å². The maximum Gasteiger partial charge on any atom is 0.410 e. The Kier molecular flexibility index (Phi) is 11.0. The largest absolute Gasteiger partial charge is 0.497 e. The van der Waals surface area contributed by atoms with Crippen LogP contribution >= 0.6 is 23.6 Å². The van der Waals surface area contributed by atoms with Crippen molar-refractivity contribution in [2.45, 2.75) is 116 Å². The summed E-state index contributed by atoms with van der Waals surface area (Å²) in [6.45, 7) is 8.47. The summed E-state index contributed by atoms with van der Waals surface area (Å²) in [6.07, 6.45) is 11.2. The third-order valence-electron chi connectivity index (χ3n) is 11.8. The van der Waals surface area contributed by atoms with E-state index in [2.05, 4.69) is 21.6 Å². The van der Waals surface area contributed by atoms with E-state index in [1.807, 2.05) is 37.8 Å². The molecule has 288 valence electrons. The van der Waals surface area contributed by atoms with Gasteiger partial charge in [-0.15, -0.1) is 11.3 Å². The predicted molar refractivity (Wildman–Crippen MR) is 211 cm³/mol. The van der Waals surface area contributed by atoms with E-state index >= 15 is 0 Å². The fourth-order valence-electron chi connectivity index (χ4n) is 8.55. The summed E-state index contributed by atoms with van der Waals surface area (Å²) in [6, 6.07) is 6.19. The number of carbonyl (C=O) groups excluding carboxylic acids is 3. The molecule has 2 aromatic rings. The maximum absolute atomic E-state index is 13.7. The van der Waals surface area contributed by atoms with Gasteiger partial charge in [-0.1, -0.05) is 12.2 Å². The number of thiophene rings is 1. The third kappa shape index (κ3) is 8.96. The van der Waals surface area contributed by atoms with Gasteiger partial charge in [0, 0.05) is 61.1 Å². The lowest BCUT2D eigenvalue weighted by Crippen LogP contribution is -2.40. The summed E-state index contributed by atoms with van der Waals surface area (Å²) in [5, 5.41) is 7.05. The van der Waals surface area contributed by atoms with Crippen molar-refractivity contribution in [3.8, 4) is 11.5 Å². The van der Waals surface area contributed by atoms with Crippen LogP contribution in [0.25, 0.3) is 0 Å². The highest BCUT2D eigenvalue weighted by Crippen LogP contribution is 2.48. The van der Waals surface area contributed by atoms with Gasteiger partial charge in [-0.2, -0.15) is 0 Å². The number of thiocarbonyl (C=S) groups is 1. The van der Waals surface area contributed by atoms with Crippen LogP contribution in [0.1, 0.15) is 111 Å². The lowest BCUT2D eigenvalue weighted by atomic mass is 9.83. The topological polar surface area (TPSA) is 109 Å². The number of nitrogens with one attached hydrogen (secondary N) is 2. The number of ether oxygens (including phenoxy) is 3. The van der Waals surface area contributed by atoms with E-state index in [9.17, 15) is 14.4 Å². The van der Waals surface area contributed by atoms with Crippen molar-refractivity contribution in [1.29, 1.82) is 0 Å². The number of benzene rings is 1. The quantitative estimate of drug-likeness (QED) is 0.211. The van der Waals surface area contributed by atoms with E-state index in [0.29, 0.717) is 42.7 Å². The van der Waals surface area contributed by atoms with Crippen LogP contribution in [0.5, 0.6) is 11.5 Å². The van der Waals surface area contributed by atoms with Gasteiger partial charge in [-0.3, -0.25) is 9.59 Å². The summed E-state index contributed by atoms with van der Waals surface area (Å²) in [5.74, 6) is 2.39. The number of hydrogen-bond acceptors (Lipinski definition) is 8. The smallest absolute Gasteiger partial charge is 0.410 e. The SMILES string of the molecule is COc1ccc(CN(C(=S)C[C@H]2CCc3sc(NC(=O)C4CC4)c(C(=O)NCC4CC4)c3C2)C2CCC3(CCN(C(=O)OC(C)(C)C)C3)C2)c(OC)c1. The standard InChI is InChI=1S/C41H56N4O6S2/c1-40(2,3)51-39(48)44-17-16-41(24-44)15-14-29(21-41)45(23-28-11-12-30(49-4)20-32(28)50-5)34(52)19-26-8-13-33-31(18-26)35(37(47)42-22-25-6-7-25)38(53-33)43-36(46)27-9-10-27/h11-12,20,25-27,29H,6-10,13-19,21-24H2,1-5H3,(H,42,47)(H,43,46)/t26-,29?,41?/m0/s1. The molecule has 2 heterocycles. The number of hydrogen-bond donors (Lipinski definition) is 2. The molecule has 0 radical (unpaired) electrons. The molecule has 1 saturated heterocycles. The molecule has 1 aromatic carbocycles. The minimum Gasteiger partial charge on any atom is -0.497 e. The Morgan fingerprint density at radius 2 is 1.83 bits per heavy atom. The molecule has 1 aliphatic heterocycles. The molecule has 5 aliphatic rings. The second-order valence-corrected chi connectivity index (χ2v) is 18.8. The minimum absolute atomic E-state index is 0.0352. The molecule has 3 amide bonds. The van der Waals surface area contributed by atoms with E-state index in [1.165, 1.54) is 4.88 Å². The lowest BCUT2D eigenvalue weighted by Gasteiger charge is -2.35. The number of amides is 3. The van der Waals surface area contributed by atoms with Gasteiger partial charge in [-0.05, 0) is 126 Å². The Labute approximate surface area is 323 Å². The Bertz CT molecular complexity index is 1730. The molecular formula is C41H56N4O6S2. The molecule has 4 fully saturated rings. The van der Waals surface area contributed by atoms with Gasteiger partial charge in [0.2, 0.25) is 5.91 Å². The van der Waals surface area contributed by atoms with Crippen LogP contribution in [0.2, 0.25) is 0 Å². The van der Waals surface area contributed by atoms with Crippen molar-refractivity contribution in [1.82, 2.24) is 15.1 Å². The monoisotopic (exact) mass is 764 g/mol. The average molecular weight is 765 g/mol. The summed E-state index contributed by atoms with van der Waals surface area (Å²) < 4.78 is 17.1. The van der Waals surface area contributed by atoms with Gasteiger partial charge in [0.1, 0.15) is 22.1 Å². The summed E-state index contributed by atoms with van der Waals surface area (Å²) in [4.78, 5) is 46.1.